The maximum Gasteiger partial charge on any atom is 0.269 e. The van der Waals surface area contributed by atoms with E-state index in [0.29, 0.717) is 5.56 Å². The summed E-state index contributed by atoms with van der Waals surface area (Å²) in [5.41, 5.74) is 7.19. The minimum absolute atomic E-state index is 0.0243. The first kappa shape index (κ1) is 21.2. The number of carbonyl (C=O) groups is 2. The molecule has 0 bridgehead atoms. The summed E-state index contributed by atoms with van der Waals surface area (Å²) >= 11 is 1.66. The average molecular weight is 423 g/mol. The number of nitrogens with zero attached hydrogens (tertiary/aromatic N) is 1. The maximum atomic E-state index is 12.2. The summed E-state index contributed by atoms with van der Waals surface area (Å²) in [7, 11) is 1.59. The fourth-order valence-electron chi connectivity index (χ4n) is 2.49. The highest BCUT2D eigenvalue weighted by atomic mass is 32.2. The molecule has 8 heteroatoms. The quantitative estimate of drug-likeness (QED) is 0.381. The molecule has 2 aromatic carbocycles. The van der Waals surface area contributed by atoms with Gasteiger partial charge in [-0.05, 0) is 60.2 Å². The minimum Gasteiger partial charge on any atom is -0.497 e. The first-order chi connectivity index (χ1) is 14.6. The van der Waals surface area contributed by atoms with Crippen LogP contribution in [0.25, 0.3) is 0 Å². The van der Waals surface area contributed by atoms with E-state index in [0.717, 1.165) is 27.6 Å². The summed E-state index contributed by atoms with van der Waals surface area (Å²) in [6, 6.07) is 18.3. The number of methoxy groups -OCH3 is 1. The molecule has 154 valence electrons. The molecule has 1 heterocycles. The minimum atomic E-state index is -0.378. The van der Waals surface area contributed by atoms with Crippen molar-refractivity contribution in [2.45, 2.75) is 10.6 Å². The van der Waals surface area contributed by atoms with Gasteiger partial charge in [-0.1, -0.05) is 6.07 Å². The molecule has 1 aromatic heterocycles. The summed E-state index contributed by atoms with van der Waals surface area (Å²) in [5, 5.41) is 2.97. The van der Waals surface area contributed by atoms with Crippen LogP contribution < -0.4 is 20.9 Å². The predicted molar refractivity (Wildman–Crippen MR) is 117 cm³/mol. The van der Waals surface area contributed by atoms with Gasteiger partial charge in [-0.2, -0.15) is 0 Å². The predicted octanol–water partition coefficient (Wildman–Crippen LogP) is 3.26. The van der Waals surface area contributed by atoms with Crippen molar-refractivity contribution in [2.75, 3.05) is 19.0 Å². The van der Waals surface area contributed by atoms with Crippen molar-refractivity contribution in [1.82, 2.24) is 15.8 Å². The number of hydrogen-bond donors (Lipinski definition) is 3. The zero-order chi connectivity index (χ0) is 21.2. The number of rotatable bonds is 8. The first-order valence-electron chi connectivity index (χ1n) is 9.23. The fourth-order valence-corrected chi connectivity index (χ4v) is 3.32. The van der Waals surface area contributed by atoms with Gasteiger partial charge < -0.3 is 10.1 Å². The summed E-state index contributed by atoms with van der Waals surface area (Å²) in [5.74, 6) is 0.801. The molecule has 2 amide bonds. The van der Waals surface area contributed by atoms with Crippen molar-refractivity contribution in [2.24, 2.45) is 0 Å². The van der Waals surface area contributed by atoms with E-state index >= 15 is 0 Å². The SMILES string of the molecule is COc1ccc(NCC(=O)NNC(=O)c2ccc(SCc3cccnc3)cc2)cc1. The highest BCUT2D eigenvalue weighted by Crippen LogP contribution is 2.22. The zero-order valence-electron chi connectivity index (χ0n) is 16.4. The molecule has 3 rings (SSSR count). The molecule has 0 fully saturated rings. The molecular weight excluding hydrogens is 400 g/mol. The van der Waals surface area contributed by atoms with E-state index in [1.54, 1.807) is 61.5 Å². The van der Waals surface area contributed by atoms with E-state index in [2.05, 4.69) is 21.2 Å². The van der Waals surface area contributed by atoms with Crippen LogP contribution >= 0.6 is 11.8 Å². The van der Waals surface area contributed by atoms with Crippen molar-refractivity contribution in [1.29, 1.82) is 0 Å². The number of thioether (sulfide) groups is 1. The number of pyridine rings is 1. The molecule has 0 unspecified atom stereocenters. The van der Waals surface area contributed by atoms with Crippen LogP contribution in [0.15, 0.2) is 78.0 Å². The second kappa shape index (κ2) is 10.9. The van der Waals surface area contributed by atoms with Gasteiger partial charge in [0.05, 0.1) is 13.7 Å². The molecule has 3 aromatic rings. The number of nitrogens with one attached hydrogen (secondary N) is 3. The van der Waals surface area contributed by atoms with Gasteiger partial charge in [0.25, 0.3) is 11.8 Å². The van der Waals surface area contributed by atoms with Gasteiger partial charge in [0.1, 0.15) is 5.75 Å². The number of amides is 2. The normalized spacial score (nSPS) is 10.2. The van der Waals surface area contributed by atoms with Gasteiger partial charge in [-0.15, -0.1) is 11.8 Å². The van der Waals surface area contributed by atoms with Crippen LogP contribution in [0.3, 0.4) is 0 Å². The summed E-state index contributed by atoms with van der Waals surface area (Å²) in [4.78, 5) is 29.3. The van der Waals surface area contributed by atoms with Crippen LogP contribution in [0, 0.1) is 0 Å². The summed E-state index contributed by atoms with van der Waals surface area (Å²) < 4.78 is 5.08. The second-order valence-corrected chi connectivity index (χ2v) is 7.31. The first-order valence-corrected chi connectivity index (χ1v) is 10.2. The third-order valence-electron chi connectivity index (χ3n) is 4.10. The van der Waals surface area contributed by atoms with E-state index in [-0.39, 0.29) is 18.4 Å². The molecular formula is C22H22N4O3S. The Kier molecular flexibility index (Phi) is 7.68. The van der Waals surface area contributed by atoms with Crippen molar-refractivity contribution in [3.8, 4) is 5.75 Å². The van der Waals surface area contributed by atoms with E-state index in [1.165, 1.54) is 0 Å². The number of hydrazine groups is 1. The Hall–Kier alpha value is -3.52. The number of anilines is 1. The third kappa shape index (κ3) is 6.52. The smallest absolute Gasteiger partial charge is 0.269 e. The van der Waals surface area contributed by atoms with Crippen LogP contribution in [-0.4, -0.2) is 30.5 Å². The fraction of sp³-hybridized carbons (Fsp3) is 0.136. The number of benzene rings is 2. The Morgan fingerprint density at radius 2 is 1.77 bits per heavy atom. The largest absolute Gasteiger partial charge is 0.497 e. The Balaban J connectivity index is 1.40. The monoisotopic (exact) mass is 422 g/mol. The lowest BCUT2D eigenvalue weighted by Crippen LogP contribution is -2.44. The molecule has 0 atom stereocenters. The lowest BCUT2D eigenvalue weighted by Gasteiger charge is -2.10. The molecule has 0 spiro atoms. The molecule has 7 nitrogen and oxygen atoms in total. The van der Waals surface area contributed by atoms with Crippen molar-refractivity contribution < 1.29 is 14.3 Å². The Morgan fingerprint density at radius 3 is 2.43 bits per heavy atom. The maximum absolute atomic E-state index is 12.2. The Labute approximate surface area is 179 Å². The van der Waals surface area contributed by atoms with Gasteiger partial charge in [-0.25, -0.2) is 0 Å². The van der Waals surface area contributed by atoms with Gasteiger partial charge >= 0.3 is 0 Å². The zero-order valence-corrected chi connectivity index (χ0v) is 17.2. The highest BCUT2D eigenvalue weighted by Gasteiger charge is 2.08. The van der Waals surface area contributed by atoms with Crippen LogP contribution in [-0.2, 0) is 10.5 Å². The van der Waals surface area contributed by atoms with Crippen LogP contribution in [0.1, 0.15) is 15.9 Å². The molecule has 0 aliphatic heterocycles. The van der Waals surface area contributed by atoms with Gasteiger partial charge in [0.15, 0.2) is 0 Å². The number of hydrogen-bond acceptors (Lipinski definition) is 6. The Morgan fingerprint density at radius 1 is 1.00 bits per heavy atom. The summed E-state index contributed by atoms with van der Waals surface area (Å²) in [6.45, 7) is 0.0243. The molecule has 0 aliphatic carbocycles. The highest BCUT2D eigenvalue weighted by molar-refractivity contribution is 7.98. The standard InChI is InChI=1S/C22H22N4O3S/c1-29-19-8-6-18(7-9-19)24-14-21(27)25-26-22(28)17-4-10-20(11-5-17)30-15-16-3-2-12-23-13-16/h2-13,24H,14-15H2,1H3,(H,25,27)(H,26,28). The lowest BCUT2D eigenvalue weighted by atomic mass is 10.2. The number of ether oxygens (including phenoxy) is 1. The topological polar surface area (TPSA) is 92.4 Å². The second-order valence-electron chi connectivity index (χ2n) is 6.26. The molecule has 3 N–H and O–H groups in total. The molecule has 0 saturated carbocycles. The van der Waals surface area contributed by atoms with E-state index in [9.17, 15) is 9.59 Å². The Bertz CT molecular complexity index is 964. The van der Waals surface area contributed by atoms with Gasteiger partial charge in [0, 0.05) is 34.3 Å². The number of aromatic nitrogens is 1. The van der Waals surface area contributed by atoms with E-state index in [4.69, 9.17) is 4.74 Å². The van der Waals surface area contributed by atoms with Crippen LogP contribution in [0.2, 0.25) is 0 Å². The van der Waals surface area contributed by atoms with Crippen molar-refractivity contribution >= 4 is 29.3 Å². The molecule has 30 heavy (non-hydrogen) atoms. The lowest BCUT2D eigenvalue weighted by molar-refractivity contribution is -0.120. The van der Waals surface area contributed by atoms with Gasteiger partial charge in [0.2, 0.25) is 0 Å². The average Bonchev–Trinajstić information content (AvgIpc) is 2.81. The van der Waals surface area contributed by atoms with Crippen molar-refractivity contribution in [3.05, 3.63) is 84.2 Å². The van der Waals surface area contributed by atoms with Crippen molar-refractivity contribution in [3.63, 3.8) is 0 Å². The van der Waals surface area contributed by atoms with Crippen LogP contribution in [0.5, 0.6) is 5.75 Å². The molecule has 0 saturated heterocycles. The van der Waals surface area contributed by atoms with Gasteiger partial charge in [-0.3, -0.25) is 25.4 Å². The van der Waals surface area contributed by atoms with E-state index < -0.39 is 0 Å². The number of carbonyl (C=O) groups excluding carboxylic acids is 2. The molecule has 0 radical (unpaired) electrons. The third-order valence-corrected chi connectivity index (χ3v) is 5.19. The molecule has 0 aliphatic rings. The summed E-state index contributed by atoms with van der Waals surface area (Å²) in [6.07, 6.45) is 3.58. The van der Waals surface area contributed by atoms with E-state index in [1.807, 2.05) is 30.5 Å². The van der Waals surface area contributed by atoms with Crippen LogP contribution in [0.4, 0.5) is 5.69 Å².